The molecule has 2 nitrogen and oxygen atoms in total. The molecule has 1 aliphatic carbocycles. The average Bonchev–Trinajstić information content (AvgIpc) is 2.98. The summed E-state index contributed by atoms with van der Waals surface area (Å²) in [7, 11) is 0. The Bertz CT molecular complexity index is 552. The van der Waals surface area contributed by atoms with Gasteiger partial charge in [0.1, 0.15) is 6.61 Å². The van der Waals surface area contributed by atoms with Gasteiger partial charge in [-0.05, 0) is 39.8 Å². The van der Waals surface area contributed by atoms with Gasteiger partial charge in [0.15, 0.2) is 3.24 Å². The molecule has 1 saturated carbocycles. The molecule has 0 aromatic heterocycles. The van der Waals surface area contributed by atoms with Gasteiger partial charge in [-0.15, -0.1) is 0 Å². The lowest BCUT2D eigenvalue weighted by Gasteiger charge is -2.19. The zero-order chi connectivity index (χ0) is 16.7. The van der Waals surface area contributed by atoms with E-state index in [2.05, 4.69) is 31.9 Å². The Morgan fingerprint density at radius 2 is 1.91 bits per heavy atom. The van der Waals surface area contributed by atoms with Crippen LogP contribution in [0, 0.1) is 24.2 Å². The topological polar surface area (TPSA) is 26.3 Å². The smallest absolute Gasteiger partial charge is 0.310 e. The number of rotatable bonds is 5. The first kappa shape index (κ1) is 18.6. The van der Waals surface area contributed by atoms with Crippen molar-refractivity contribution in [1.82, 2.24) is 0 Å². The molecule has 22 heavy (non-hydrogen) atoms. The number of carbonyl (C=O) groups excluding carboxylic acids is 1. The van der Waals surface area contributed by atoms with Gasteiger partial charge < -0.3 is 4.74 Å². The van der Waals surface area contributed by atoms with Gasteiger partial charge in [-0.1, -0.05) is 82.8 Å². The van der Waals surface area contributed by atoms with Crippen LogP contribution >= 0.6 is 55.1 Å². The zero-order valence-electron chi connectivity index (χ0n) is 12.6. The first-order valence-electron chi connectivity index (χ1n) is 6.98. The molecule has 1 aromatic carbocycles. The molecule has 3 atom stereocenters. The fraction of sp³-hybridized carbons (Fsp3) is 0.562. The van der Waals surface area contributed by atoms with Crippen LogP contribution in [0.1, 0.15) is 25.0 Å². The normalized spacial score (nSPS) is 24.7. The van der Waals surface area contributed by atoms with Crippen LogP contribution in [0.15, 0.2) is 24.3 Å². The summed E-state index contributed by atoms with van der Waals surface area (Å²) in [6.45, 7) is 6.35. The van der Waals surface area contributed by atoms with E-state index in [0.29, 0.717) is 0 Å². The molecule has 0 heterocycles. The molecule has 1 fully saturated rings. The number of halogens is 4. The fourth-order valence-electron chi connectivity index (χ4n) is 2.81. The molecule has 0 amide bonds. The van der Waals surface area contributed by atoms with Crippen molar-refractivity contribution in [3.05, 3.63) is 35.4 Å². The molecule has 0 aliphatic heterocycles. The molecule has 1 aromatic rings. The molecule has 1 aliphatic rings. The van der Waals surface area contributed by atoms with Gasteiger partial charge >= 0.3 is 5.97 Å². The summed E-state index contributed by atoms with van der Waals surface area (Å²) in [6.07, 6.45) is 0. The van der Waals surface area contributed by atoms with Crippen molar-refractivity contribution < 1.29 is 9.53 Å². The third-order valence-electron chi connectivity index (χ3n) is 4.29. The zero-order valence-corrected chi connectivity index (χ0v) is 17.3. The number of hydrogen-bond acceptors (Lipinski definition) is 2. The third-order valence-corrected chi connectivity index (χ3v) is 7.66. The third kappa shape index (κ3) is 4.00. The number of esters is 1. The number of alkyl halides is 4. The van der Waals surface area contributed by atoms with E-state index >= 15 is 0 Å². The maximum Gasteiger partial charge on any atom is 0.310 e. The highest BCUT2D eigenvalue weighted by atomic mass is 79.9. The van der Waals surface area contributed by atoms with Crippen molar-refractivity contribution in [2.45, 2.75) is 35.4 Å². The Morgan fingerprint density at radius 1 is 1.36 bits per heavy atom. The highest BCUT2D eigenvalue weighted by Gasteiger charge is 2.67. The summed E-state index contributed by atoms with van der Waals surface area (Å²) >= 11 is 18.9. The minimum atomic E-state index is -1.11. The standard InChI is InChI=1S/C16H18Br2Cl2O2/c1-9-4-6-10(7-5-9)8-22-14(21)12-11(15(12,2)3)13(17)16(18,19)20/h4-7,11-13H,8H2,1-3H3/t11-,12+,13?/m0/s1. The van der Waals surface area contributed by atoms with Crippen molar-refractivity contribution in [2.75, 3.05) is 0 Å². The highest BCUT2D eigenvalue weighted by molar-refractivity contribution is 9.13. The summed E-state index contributed by atoms with van der Waals surface area (Å²) in [6, 6.07) is 7.93. The van der Waals surface area contributed by atoms with Gasteiger partial charge in [0.05, 0.1) is 10.7 Å². The molecule has 6 heteroatoms. The molecule has 0 N–H and O–H groups in total. The highest BCUT2D eigenvalue weighted by Crippen LogP contribution is 2.65. The number of benzene rings is 1. The van der Waals surface area contributed by atoms with Crippen molar-refractivity contribution in [1.29, 1.82) is 0 Å². The molecule has 0 bridgehead atoms. The Morgan fingerprint density at radius 3 is 2.41 bits per heavy atom. The molecule has 2 rings (SSSR count). The maximum absolute atomic E-state index is 12.4. The molecule has 0 spiro atoms. The predicted octanol–water partition coefficient (Wildman–Crippen LogP) is 5.60. The predicted molar refractivity (Wildman–Crippen MR) is 97.8 cm³/mol. The molecule has 0 radical (unpaired) electrons. The second-order valence-electron chi connectivity index (χ2n) is 6.36. The number of aryl methyl sites for hydroxylation is 1. The van der Waals surface area contributed by atoms with E-state index < -0.39 is 3.24 Å². The largest absolute Gasteiger partial charge is 0.461 e. The van der Waals surface area contributed by atoms with Crippen LogP contribution in [0.2, 0.25) is 0 Å². The van der Waals surface area contributed by atoms with E-state index in [1.807, 2.05) is 45.0 Å². The monoisotopic (exact) mass is 470 g/mol. The summed E-state index contributed by atoms with van der Waals surface area (Å²) in [5.74, 6) is -0.394. The first-order chi connectivity index (χ1) is 10.0. The first-order valence-corrected chi connectivity index (χ1v) is 9.44. The van der Waals surface area contributed by atoms with Gasteiger partial charge in [0.2, 0.25) is 0 Å². The number of carbonyl (C=O) groups is 1. The molecule has 122 valence electrons. The second-order valence-corrected chi connectivity index (χ2v) is 10.9. The van der Waals surface area contributed by atoms with Crippen molar-refractivity contribution in [3.8, 4) is 0 Å². The van der Waals surface area contributed by atoms with Crippen molar-refractivity contribution in [2.24, 2.45) is 17.3 Å². The van der Waals surface area contributed by atoms with E-state index in [9.17, 15) is 4.79 Å². The molecular formula is C16H18Br2Cl2O2. The lowest BCUT2D eigenvalue weighted by molar-refractivity contribution is -0.147. The Hall–Kier alpha value is 0.230. The van der Waals surface area contributed by atoms with E-state index in [1.165, 1.54) is 5.56 Å². The lowest BCUT2D eigenvalue weighted by atomic mass is 10.1. The van der Waals surface area contributed by atoms with Gasteiger partial charge in [-0.3, -0.25) is 4.79 Å². The summed E-state index contributed by atoms with van der Waals surface area (Å²) in [5.41, 5.74) is 1.97. The minimum absolute atomic E-state index is 0.0207. The van der Waals surface area contributed by atoms with Crippen LogP contribution in [0.25, 0.3) is 0 Å². The van der Waals surface area contributed by atoms with Crippen LogP contribution in [0.3, 0.4) is 0 Å². The van der Waals surface area contributed by atoms with Crippen LogP contribution < -0.4 is 0 Å². The Balaban J connectivity index is 1.97. The lowest BCUT2D eigenvalue weighted by Crippen LogP contribution is -2.23. The van der Waals surface area contributed by atoms with Crippen LogP contribution in [0.4, 0.5) is 0 Å². The quantitative estimate of drug-likeness (QED) is 0.412. The van der Waals surface area contributed by atoms with E-state index in [-0.39, 0.29) is 34.7 Å². The molecule has 1 unspecified atom stereocenters. The van der Waals surface area contributed by atoms with Gasteiger partial charge in [0, 0.05) is 0 Å². The van der Waals surface area contributed by atoms with Crippen LogP contribution in [-0.4, -0.2) is 14.0 Å². The van der Waals surface area contributed by atoms with Gasteiger partial charge in [-0.25, -0.2) is 0 Å². The van der Waals surface area contributed by atoms with E-state index in [1.54, 1.807) is 0 Å². The van der Waals surface area contributed by atoms with E-state index in [0.717, 1.165) is 5.56 Å². The Labute approximate surface area is 158 Å². The van der Waals surface area contributed by atoms with Crippen LogP contribution in [-0.2, 0) is 16.1 Å². The van der Waals surface area contributed by atoms with Crippen molar-refractivity contribution >= 4 is 61.0 Å². The summed E-state index contributed by atoms with van der Waals surface area (Å²) in [5, 5.41) is 0. The fourth-order valence-corrected chi connectivity index (χ4v) is 4.35. The summed E-state index contributed by atoms with van der Waals surface area (Å²) < 4.78 is 4.35. The number of ether oxygens (including phenoxy) is 1. The van der Waals surface area contributed by atoms with E-state index in [4.69, 9.17) is 27.9 Å². The SMILES string of the molecule is Cc1ccc(COC(=O)[C@H]2[C@@H](C(Br)C(Cl)(Cl)Br)C2(C)C)cc1. The average molecular weight is 473 g/mol. The van der Waals surface area contributed by atoms with Gasteiger partial charge in [0.25, 0.3) is 0 Å². The van der Waals surface area contributed by atoms with Crippen LogP contribution in [0.5, 0.6) is 0 Å². The second kappa shape index (κ2) is 6.62. The van der Waals surface area contributed by atoms with Crippen molar-refractivity contribution in [3.63, 3.8) is 0 Å². The minimum Gasteiger partial charge on any atom is -0.461 e. The maximum atomic E-state index is 12.4. The molecule has 0 saturated heterocycles. The summed E-state index contributed by atoms with van der Waals surface area (Å²) in [4.78, 5) is 12.1. The molecular weight excluding hydrogens is 455 g/mol. The number of hydrogen-bond donors (Lipinski definition) is 0. The van der Waals surface area contributed by atoms with Gasteiger partial charge in [-0.2, -0.15) is 0 Å². The Kier molecular flexibility index (Phi) is 5.59.